The van der Waals surface area contributed by atoms with Crippen LogP contribution in [0.3, 0.4) is 0 Å². The highest BCUT2D eigenvalue weighted by atomic mass is 35.5. The molecule has 0 aliphatic rings. The molecule has 0 aliphatic heterocycles. The summed E-state index contributed by atoms with van der Waals surface area (Å²) in [7, 11) is 0. The summed E-state index contributed by atoms with van der Waals surface area (Å²) in [6.45, 7) is 1.84. The summed E-state index contributed by atoms with van der Waals surface area (Å²) in [5, 5.41) is 0.178. The van der Waals surface area contributed by atoms with Crippen molar-refractivity contribution in [2.24, 2.45) is 0 Å². The summed E-state index contributed by atoms with van der Waals surface area (Å²) in [5.74, 6) is -1.87. The SMILES string of the molecule is Cc1cc(N)ccc1-c1cc(F)c(F)cc1Cl. The Bertz CT molecular complexity index is 582. The van der Waals surface area contributed by atoms with Crippen molar-refractivity contribution in [1.29, 1.82) is 0 Å². The minimum Gasteiger partial charge on any atom is -0.399 e. The average molecular weight is 254 g/mol. The molecule has 4 heteroatoms. The predicted molar refractivity (Wildman–Crippen MR) is 66.0 cm³/mol. The molecule has 0 amide bonds. The average Bonchev–Trinajstić information content (AvgIpc) is 2.24. The van der Waals surface area contributed by atoms with Crippen molar-refractivity contribution >= 4 is 17.3 Å². The van der Waals surface area contributed by atoms with Crippen LogP contribution in [0.4, 0.5) is 14.5 Å². The van der Waals surface area contributed by atoms with E-state index < -0.39 is 11.6 Å². The van der Waals surface area contributed by atoms with E-state index in [0.717, 1.165) is 23.3 Å². The van der Waals surface area contributed by atoms with Crippen LogP contribution >= 0.6 is 11.6 Å². The zero-order valence-corrected chi connectivity index (χ0v) is 9.85. The molecule has 0 atom stereocenters. The summed E-state index contributed by atoms with van der Waals surface area (Å²) in [4.78, 5) is 0. The van der Waals surface area contributed by atoms with Gasteiger partial charge in [-0.3, -0.25) is 0 Å². The standard InChI is InChI=1S/C13H10ClF2N/c1-7-4-8(17)2-3-9(7)10-5-12(15)13(16)6-11(10)14/h2-6H,17H2,1H3. The zero-order valence-electron chi connectivity index (χ0n) is 9.10. The van der Waals surface area contributed by atoms with Crippen LogP contribution in [-0.4, -0.2) is 0 Å². The first kappa shape index (κ1) is 11.9. The predicted octanol–water partition coefficient (Wildman–Crippen LogP) is 4.18. The van der Waals surface area contributed by atoms with Gasteiger partial charge in [0, 0.05) is 11.3 Å². The fourth-order valence-electron chi connectivity index (χ4n) is 1.72. The maximum absolute atomic E-state index is 13.2. The van der Waals surface area contributed by atoms with Crippen LogP contribution in [0.2, 0.25) is 5.02 Å². The van der Waals surface area contributed by atoms with Crippen LogP contribution < -0.4 is 5.73 Å². The smallest absolute Gasteiger partial charge is 0.160 e. The Labute approximate surface area is 103 Å². The van der Waals surface area contributed by atoms with Gasteiger partial charge >= 0.3 is 0 Å². The number of halogens is 3. The van der Waals surface area contributed by atoms with E-state index in [2.05, 4.69) is 0 Å². The Kier molecular flexibility index (Phi) is 3.03. The molecule has 0 unspecified atom stereocenters. The van der Waals surface area contributed by atoms with Gasteiger partial charge in [-0.25, -0.2) is 8.78 Å². The number of nitrogens with two attached hydrogens (primary N) is 1. The molecule has 0 fully saturated rings. The number of hydrogen-bond acceptors (Lipinski definition) is 1. The number of hydrogen-bond donors (Lipinski definition) is 1. The number of rotatable bonds is 1. The molecular formula is C13H10ClF2N. The fraction of sp³-hybridized carbons (Fsp3) is 0.0769. The Morgan fingerprint density at radius 3 is 2.29 bits per heavy atom. The van der Waals surface area contributed by atoms with Crippen molar-refractivity contribution in [1.82, 2.24) is 0 Å². The van der Waals surface area contributed by atoms with E-state index in [1.807, 2.05) is 6.92 Å². The molecule has 0 bridgehead atoms. The van der Waals surface area contributed by atoms with Crippen LogP contribution in [0.25, 0.3) is 11.1 Å². The third-order valence-electron chi connectivity index (χ3n) is 2.55. The van der Waals surface area contributed by atoms with Gasteiger partial charge in [0.15, 0.2) is 11.6 Å². The van der Waals surface area contributed by atoms with Crippen molar-refractivity contribution < 1.29 is 8.78 Å². The van der Waals surface area contributed by atoms with Gasteiger partial charge in [-0.1, -0.05) is 17.7 Å². The lowest BCUT2D eigenvalue weighted by molar-refractivity contribution is 0.509. The summed E-state index contributed by atoms with van der Waals surface area (Å²) in [6, 6.07) is 7.26. The molecule has 0 heterocycles. The van der Waals surface area contributed by atoms with Crippen molar-refractivity contribution in [3.05, 3.63) is 52.6 Å². The zero-order chi connectivity index (χ0) is 12.6. The van der Waals surface area contributed by atoms with Gasteiger partial charge in [-0.15, -0.1) is 0 Å². The van der Waals surface area contributed by atoms with Crippen molar-refractivity contribution in [3.8, 4) is 11.1 Å². The molecule has 2 aromatic carbocycles. The molecule has 17 heavy (non-hydrogen) atoms. The summed E-state index contributed by atoms with van der Waals surface area (Å²) in [5.41, 5.74) is 8.31. The van der Waals surface area contributed by atoms with E-state index in [-0.39, 0.29) is 5.02 Å². The highest BCUT2D eigenvalue weighted by Gasteiger charge is 2.11. The molecule has 88 valence electrons. The van der Waals surface area contributed by atoms with Gasteiger partial charge < -0.3 is 5.73 Å². The summed E-state index contributed by atoms with van der Waals surface area (Å²) >= 11 is 5.91. The van der Waals surface area contributed by atoms with Gasteiger partial charge in [0.1, 0.15) is 0 Å². The first-order valence-corrected chi connectivity index (χ1v) is 5.38. The summed E-state index contributed by atoms with van der Waals surface area (Å²) in [6.07, 6.45) is 0. The molecule has 0 saturated carbocycles. The van der Waals surface area contributed by atoms with Crippen molar-refractivity contribution in [3.63, 3.8) is 0 Å². The number of anilines is 1. The maximum Gasteiger partial charge on any atom is 0.160 e. The van der Waals surface area contributed by atoms with Gasteiger partial charge in [0.25, 0.3) is 0 Å². The lowest BCUT2D eigenvalue weighted by Gasteiger charge is -2.09. The largest absolute Gasteiger partial charge is 0.399 e. The Hall–Kier alpha value is -1.61. The molecular weight excluding hydrogens is 244 g/mol. The molecule has 2 aromatic rings. The number of aryl methyl sites for hydroxylation is 1. The molecule has 2 rings (SSSR count). The van der Waals surface area contributed by atoms with E-state index >= 15 is 0 Å². The van der Waals surface area contributed by atoms with Crippen molar-refractivity contribution in [2.45, 2.75) is 6.92 Å². The van der Waals surface area contributed by atoms with E-state index in [4.69, 9.17) is 17.3 Å². The third kappa shape index (κ3) is 2.24. The third-order valence-corrected chi connectivity index (χ3v) is 2.86. The number of nitrogen functional groups attached to an aromatic ring is 1. The van der Waals surface area contributed by atoms with E-state index in [1.165, 1.54) is 0 Å². The Morgan fingerprint density at radius 2 is 1.65 bits per heavy atom. The van der Waals surface area contributed by atoms with Crippen LogP contribution in [0, 0.1) is 18.6 Å². The lowest BCUT2D eigenvalue weighted by Crippen LogP contribution is -1.92. The first-order valence-electron chi connectivity index (χ1n) is 5.00. The molecule has 0 radical (unpaired) electrons. The molecule has 0 aromatic heterocycles. The Morgan fingerprint density at radius 1 is 1.00 bits per heavy atom. The molecule has 2 N–H and O–H groups in total. The lowest BCUT2D eigenvalue weighted by atomic mass is 10.00. The second-order valence-electron chi connectivity index (χ2n) is 3.82. The highest BCUT2D eigenvalue weighted by molar-refractivity contribution is 6.33. The van der Waals surface area contributed by atoms with E-state index in [1.54, 1.807) is 18.2 Å². The first-order chi connectivity index (χ1) is 7.99. The summed E-state index contributed by atoms with van der Waals surface area (Å²) < 4.78 is 26.2. The highest BCUT2D eigenvalue weighted by Crippen LogP contribution is 2.32. The number of benzene rings is 2. The van der Waals surface area contributed by atoms with Crippen LogP contribution in [0.15, 0.2) is 30.3 Å². The van der Waals surface area contributed by atoms with Gasteiger partial charge in [0.2, 0.25) is 0 Å². The quantitative estimate of drug-likeness (QED) is 0.599. The normalized spacial score (nSPS) is 10.6. The van der Waals surface area contributed by atoms with Crippen molar-refractivity contribution in [2.75, 3.05) is 5.73 Å². The second-order valence-corrected chi connectivity index (χ2v) is 4.23. The minimum atomic E-state index is -0.952. The fourth-order valence-corrected chi connectivity index (χ4v) is 1.97. The van der Waals surface area contributed by atoms with Crippen LogP contribution in [-0.2, 0) is 0 Å². The Balaban J connectivity index is 2.64. The molecule has 1 nitrogen and oxygen atoms in total. The molecule has 0 spiro atoms. The van der Waals surface area contributed by atoms with Crippen LogP contribution in [0.5, 0.6) is 0 Å². The second kappa shape index (κ2) is 4.34. The van der Waals surface area contributed by atoms with E-state index in [9.17, 15) is 8.78 Å². The maximum atomic E-state index is 13.2. The van der Waals surface area contributed by atoms with Crippen LogP contribution in [0.1, 0.15) is 5.56 Å². The van der Waals surface area contributed by atoms with Gasteiger partial charge in [0.05, 0.1) is 5.02 Å². The van der Waals surface area contributed by atoms with Gasteiger partial charge in [-0.05, 0) is 42.3 Å². The molecule has 0 aliphatic carbocycles. The van der Waals surface area contributed by atoms with E-state index in [0.29, 0.717) is 11.3 Å². The topological polar surface area (TPSA) is 26.0 Å². The minimum absolute atomic E-state index is 0.178. The van der Waals surface area contributed by atoms with Gasteiger partial charge in [-0.2, -0.15) is 0 Å². The monoisotopic (exact) mass is 253 g/mol. The molecule has 0 saturated heterocycles.